The van der Waals surface area contributed by atoms with Gasteiger partial charge in [0, 0.05) is 21.3 Å². The molecule has 2 heterocycles. The molecule has 0 fully saturated rings. The number of hydrogen-bond donors (Lipinski definition) is 2. The molecule has 0 unspecified atom stereocenters. The fraction of sp³-hybridized carbons (Fsp3) is 0.143. The van der Waals surface area contributed by atoms with E-state index in [1.165, 1.54) is 22.0 Å². The van der Waals surface area contributed by atoms with Gasteiger partial charge in [0.1, 0.15) is 0 Å². The molecular formula is C14H16N8O2+2. The number of aryl methyl sites for hydroxylation is 2. The Labute approximate surface area is 136 Å². The molecule has 0 radical (unpaired) electrons. The van der Waals surface area contributed by atoms with Crippen LogP contribution < -0.4 is 20.2 Å². The molecule has 0 bridgehead atoms. The minimum absolute atomic E-state index is 0.304. The lowest BCUT2D eigenvalue weighted by atomic mass is 10.1. The Balaban J connectivity index is 1.66. The fourth-order valence-electron chi connectivity index (χ4n) is 2.01. The lowest BCUT2D eigenvalue weighted by molar-refractivity contribution is -0.642. The van der Waals surface area contributed by atoms with Crippen molar-refractivity contribution in [1.29, 1.82) is 0 Å². The molecule has 0 aliphatic heterocycles. The first-order valence-corrected chi connectivity index (χ1v) is 7.04. The van der Waals surface area contributed by atoms with E-state index in [1.807, 2.05) is 0 Å². The van der Waals surface area contributed by atoms with Gasteiger partial charge in [-0.1, -0.05) is 0 Å². The van der Waals surface area contributed by atoms with Crippen LogP contribution in [-0.2, 0) is 14.1 Å². The molecule has 10 heteroatoms. The SMILES string of the molecule is Cn1c[n+](NC(=O)c2ccc(C(=O)N[n+]3cnn(C)c3)cc2)cn1. The first-order valence-electron chi connectivity index (χ1n) is 7.04. The summed E-state index contributed by atoms with van der Waals surface area (Å²) < 4.78 is 6.01. The summed E-state index contributed by atoms with van der Waals surface area (Å²) in [5.74, 6) is -0.608. The van der Waals surface area contributed by atoms with E-state index >= 15 is 0 Å². The molecule has 122 valence electrons. The molecule has 3 aromatic rings. The quantitative estimate of drug-likeness (QED) is 0.569. The normalized spacial score (nSPS) is 10.4. The Morgan fingerprint density at radius 3 is 1.50 bits per heavy atom. The Morgan fingerprint density at radius 2 is 1.21 bits per heavy atom. The number of rotatable bonds is 4. The van der Waals surface area contributed by atoms with Crippen LogP contribution in [0.1, 0.15) is 20.7 Å². The van der Waals surface area contributed by atoms with Gasteiger partial charge in [0.05, 0.1) is 14.1 Å². The van der Waals surface area contributed by atoms with Crippen LogP contribution in [0.5, 0.6) is 0 Å². The Kier molecular flexibility index (Phi) is 4.01. The van der Waals surface area contributed by atoms with E-state index in [4.69, 9.17) is 0 Å². The standard InChI is InChI=1S/C14H14N8O2/c1-19-9-21(7-15-19)17-13(23)11-3-5-12(6-4-11)14(24)18-22-8-16-20(2)10-22/h3-10H,1-2H3/p+2. The van der Waals surface area contributed by atoms with Crippen molar-refractivity contribution in [2.75, 3.05) is 10.9 Å². The van der Waals surface area contributed by atoms with Gasteiger partial charge < -0.3 is 0 Å². The van der Waals surface area contributed by atoms with Gasteiger partial charge in [0.15, 0.2) is 0 Å². The van der Waals surface area contributed by atoms with E-state index in [-0.39, 0.29) is 11.8 Å². The van der Waals surface area contributed by atoms with Crippen molar-refractivity contribution in [3.63, 3.8) is 0 Å². The van der Waals surface area contributed by atoms with Crippen molar-refractivity contribution in [1.82, 2.24) is 19.6 Å². The first-order chi connectivity index (χ1) is 11.5. The summed E-state index contributed by atoms with van der Waals surface area (Å²) in [5, 5.41) is 7.89. The van der Waals surface area contributed by atoms with Gasteiger partial charge in [-0.15, -0.1) is 18.7 Å². The van der Waals surface area contributed by atoms with Gasteiger partial charge in [-0.05, 0) is 24.3 Å². The molecule has 0 saturated carbocycles. The zero-order valence-corrected chi connectivity index (χ0v) is 13.1. The van der Waals surface area contributed by atoms with Gasteiger partial charge in [0.2, 0.25) is 12.7 Å². The average Bonchev–Trinajstić information content (AvgIpc) is 3.15. The fourth-order valence-corrected chi connectivity index (χ4v) is 2.01. The highest BCUT2D eigenvalue weighted by Gasteiger charge is 2.13. The van der Waals surface area contributed by atoms with Crippen LogP contribution in [0, 0.1) is 0 Å². The number of carbonyl (C=O) groups is 2. The number of carbonyl (C=O) groups excluding carboxylic acids is 2. The van der Waals surface area contributed by atoms with Crippen LogP contribution in [0.2, 0.25) is 0 Å². The second-order valence-corrected chi connectivity index (χ2v) is 5.11. The number of amides is 2. The predicted molar refractivity (Wildman–Crippen MR) is 80.6 cm³/mol. The van der Waals surface area contributed by atoms with Gasteiger partial charge >= 0.3 is 0 Å². The van der Waals surface area contributed by atoms with Gasteiger partial charge in [0.25, 0.3) is 24.5 Å². The molecule has 0 atom stereocenters. The predicted octanol–water partition coefficient (Wildman–Crippen LogP) is -1.50. The van der Waals surface area contributed by atoms with Crippen LogP contribution in [0.3, 0.4) is 0 Å². The summed E-state index contributed by atoms with van der Waals surface area (Å²) in [6.07, 6.45) is 6.19. The summed E-state index contributed by atoms with van der Waals surface area (Å²) in [7, 11) is 3.49. The van der Waals surface area contributed by atoms with E-state index in [2.05, 4.69) is 21.0 Å². The lowest BCUT2D eigenvalue weighted by Gasteiger charge is -2.04. The number of nitrogens with zero attached hydrogens (tertiary/aromatic N) is 6. The third-order valence-corrected chi connectivity index (χ3v) is 3.17. The summed E-state index contributed by atoms with van der Waals surface area (Å²) in [6.45, 7) is 0. The maximum absolute atomic E-state index is 12.1. The van der Waals surface area contributed by atoms with E-state index in [1.54, 1.807) is 60.4 Å². The average molecular weight is 328 g/mol. The highest BCUT2D eigenvalue weighted by molar-refractivity contribution is 6.02. The zero-order valence-electron chi connectivity index (χ0n) is 13.1. The third-order valence-electron chi connectivity index (χ3n) is 3.17. The van der Waals surface area contributed by atoms with Gasteiger partial charge in [-0.3, -0.25) is 9.59 Å². The van der Waals surface area contributed by atoms with Gasteiger partial charge in [-0.2, -0.15) is 0 Å². The molecule has 0 saturated heterocycles. The summed E-state index contributed by atoms with van der Waals surface area (Å²) in [5.41, 5.74) is 6.15. The maximum atomic E-state index is 12.1. The molecule has 0 aliphatic carbocycles. The first kappa shape index (κ1) is 15.3. The molecule has 2 amide bonds. The van der Waals surface area contributed by atoms with E-state index in [0.717, 1.165) is 0 Å². The largest absolute Gasteiger partial charge is 0.287 e. The molecule has 0 aliphatic rings. The maximum Gasteiger partial charge on any atom is 0.287 e. The van der Waals surface area contributed by atoms with Gasteiger partial charge in [-0.25, -0.2) is 10.9 Å². The van der Waals surface area contributed by atoms with Crippen LogP contribution in [0.25, 0.3) is 0 Å². The third kappa shape index (κ3) is 3.43. The summed E-state index contributed by atoms with van der Waals surface area (Å²) in [6, 6.07) is 6.31. The molecule has 1 aromatic carbocycles. The van der Waals surface area contributed by atoms with E-state index in [0.29, 0.717) is 11.1 Å². The second kappa shape index (κ2) is 6.28. The number of hydrogen-bond acceptors (Lipinski definition) is 4. The number of aromatic nitrogens is 6. The smallest absolute Gasteiger partial charge is 0.266 e. The monoisotopic (exact) mass is 328 g/mol. The minimum Gasteiger partial charge on any atom is -0.266 e. The lowest BCUT2D eigenvalue weighted by Crippen LogP contribution is -2.47. The highest BCUT2D eigenvalue weighted by atomic mass is 16.2. The zero-order chi connectivity index (χ0) is 17.1. The number of nitrogens with one attached hydrogen (secondary N) is 2. The molecular weight excluding hydrogens is 312 g/mol. The van der Waals surface area contributed by atoms with Crippen molar-refractivity contribution >= 4 is 11.8 Å². The van der Waals surface area contributed by atoms with Crippen LogP contribution in [-0.4, -0.2) is 31.4 Å². The molecule has 0 spiro atoms. The second-order valence-electron chi connectivity index (χ2n) is 5.11. The van der Waals surface area contributed by atoms with Crippen molar-refractivity contribution in [3.05, 3.63) is 60.7 Å². The highest BCUT2D eigenvalue weighted by Crippen LogP contribution is 2.04. The molecule has 10 nitrogen and oxygen atoms in total. The van der Waals surface area contributed by atoms with Crippen molar-refractivity contribution in [3.8, 4) is 0 Å². The van der Waals surface area contributed by atoms with Crippen LogP contribution in [0.15, 0.2) is 49.6 Å². The van der Waals surface area contributed by atoms with Crippen LogP contribution >= 0.6 is 0 Å². The summed E-state index contributed by atoms with van der Waals surface area (Å²) >= 11 is 0. The van der Waals surface area contributed by atoms with Crippen molar-refractivity contribution in [2.45, 2.75) is 0 Å². The molecule has 3 rings (SSSR count). The molecule has 24 heavy (non-hydrogen) atoms. The van der Waals surface area contributed by atoms with E-state index in [9.17, 15) is 9.59 Å². The Bertz CT molecular complexity index is 807. The molecule has 2 N–H and O–H groups in total. The van der Waals surface area contributed by atoms with Crippen LogP contribution in [0.4, 0.5) is 0 Å². The Morgan fingerprint density at radius 1 is 0.833 bits per heavy atom. The number of benzene rings is 1. The summed E-state index contributed by atoms with van der Waals surface area (Å²) in [4.78, 5) is 24.2. The Hall–Kier alpha value is -3.56. The van der Waals surface area contributed by atoms with Crippen molar-refractivity contribution in [2.24, 2.45) is 14.1 Å². The minimum atomic E-state index is -0.304. The molecule has 2 aromatic heterocycles. The van der Waals surface area contributed by atoms with Crippen molar-refractivity contribution < 1.29 is 18.9 Å². The van der Waals surface area contributed by atoms with E-state index < -0.39 is 0 Å². The topological polar surface area (TPSA) is 102 Å².